The lowest BCUT2D eigenvalue weighted by Crippen LogP contribution is -2.47. The number of benzene rings is 2. The second kappa shape index (κ2) is 7.25. The van der Waals surface area contributed by atoms with Gasteiger partial charge in [-0.25, -0.2) is 4.79 Å². The highest BCUT2D eigenvalue weighted by Crippen LogP contribution is 2.11. The molecular weight excluding hydrogens is 312 g/mol. The lowest BCUT2D eigenvalue weighted by molar-refractivity contribution is 0.124. The van der Waals surface area contributed by atoms with E-state index in [4.69, 9.17) is 0 Å². The van der Waals surface area contributed by atoms with E-state index < -0.39 is 0 Å². The highest BCUT2D eigenvalue weighted by molar-refractivity contribution is 5.74. The molecule has 2 heterocycles. The first-order valence-corrected chi connectivity index (χ1v) is 8.96. The first-order valence-electron chi connectivity index (χ1n) is 8.96. The average Bonchev–Trinajstić information content (AvgIpc) is 2.97. The van der Waals surface area contributed by atoms with Crippen LogP contribution in [-0.2, 0) is 13.1 Å². The SMILES string of the molecule is O=c1[nH]c2ccccc2n1CCN1CCN(Cc2ccccc2)CC1. The third kappa shape index (κ3) is 3.67. The Hall–Kier alpha value is -2.37. The maximum atomic E-state index is 12.1. The molecule has 0 amide bonds. The Bertz CT molecular complexity index is 875. The Morgan fingerprint density at radius 3 is 2.28 bits per heavy atom. The Labute approximate surface area is 147 Å². The molecule has 0 saturated carbocycles. The van der Waals surface area contributed by atoms with Gasteiger partial charge in [0, 0.05) is 45.8 Å². The van der Waals surface area contributed by atoms with Gasteiger partial charge >= 0.3 is 5.69 Å². The van der Waals surface area contributed by atoms with Gasteiger partial charge in [0.05, 0.1) is 11.0 Å². The number of aromatic nitrogens is 2. The van der Waals surface area contributed by atoms with E-state index >= 15 is 0 Å². The van der Waals surface area contributed by atoms with Crippen molar-refractivity contribution in [1.82, 2.24) is 19.4 Å². The van der Waals surface area contributed by atoms with E-state index in [9.17, 15) is 4.79 Å². The molecule has 130 valence electrons. The molecule has 4 rings (SSSR count). The Morgan fingerprint density at radius 2 is 1.48 bits per heavy atom. The second-order valence-corrected chi connectivity index (χ2v) is 6.70. The molecule has 1 saturated heterocycles. The van der Waals surface area contributed by atoms with Crippen LogP contribution in [0.4, 0.5) is 0 Å². The van der Waals surface area contributed by atoms with E-state index in [1.165, 1.54) is 5.56 Å². The molecule has 1 aliphatic rings. The molecule has 25 heavy (non-hydrogen) atoms. The number of para-hydroxylation sites is 2. The number of H-pyrrole nitrogens is 1. The van der Waals surface area contributed by atoms with Crippen molar-refractivity contribution in [3.05, 3.63) is 70.6 Å². The van der Waals surface area contributed by atoms with E-state index in [-0.39, 0.29) is 5.69 Å². The van der Waals surface area contributed by atoms with Crippen LogP contribution in [0.3, 0.4) is 0 Å². The standard InChI is InChI=1S/C20H24N4O/c25-20-21-18-8-4-5-9-19(18)24(20)15-14-22-10-12-23(13-11-22)16-17-6-2-1-3-7-17/h1-9H,10-16H2,(H,21,25). The Kier molecular flexibility index (Phi) is 4.68. The lowest BCUT2D eigenvalue weighted by atomic mass is 10.2. The van der Waals surface area contributed by atoms with Gasteiger partial charge in [-0.15, -0.1) is 0 Å². The van der Waals surface area contributed by atoms with Crippen LogP contribution in [0.5, 0.6) is 0 Å². The molecule has 0 unspecified atom stereocenters. The summed E-state index contributed by atoms with van der Waals surface area (Å²) in [4.78, 5) is 20.0. The van der Waals surface area contributed by atoms with Crippen LogP contribution < -0.4 is 5.69 Å². The summed E-state index contributed by atoms with van der Waals surface area (Å²) in [5.41, 5.74) is 3.28. The van der Waals surface area contributed by atoms with Crippen molar-refractivity contribution in [2.45, 2.75) is 13.1 Å². The topological polar surface area (TPSA) is 44.3 Å². The lowest BCUT2D eigenvalue weighted by Gasteiger charge is -2.34. The molecule has 1 fully saturated rings. The minimum atomic E-state index is -0.0103. The van der Waals surface area contributed by atoms with Crippen LogP contribution in [-0.4, -0.2) is 52.1 Å². The summed E-state index contributed by atoms with van der Waals surface area (Å²) in [6, 6.07) is 18.5. The van der Waals surface area contributed by atoms with Gasteiger partial charge in [0.15, 0.2) is 0 Å². The summed E-state index contributed by atoms with van der Waals surface area (Å²) >= 11 is 0. The molecule has 5 nitrogen and oxygen atoms in total. The summed E-state index contributed by atoms with van der Waals surface area (Å²) in [5, 5.41) is 0. The van der Waals surface area contributed by atoms with Gasteiger partial charge < -0.3 is 4.98 Å². The molecule has 2 aromatic carbocycles. The number of fused-ring (bicyclic) bond motifs is 1. The fraction of sp³-hybridized carbons (Fsp3) is 0.350. The van der Waals surface area contributed by atoms with Gasteiger partial charge in [-0.3, -0.25) is 14.4 Å². The first kappa shape index (κ1) is 16.1. The molecule has 3 aromatic rings. The predicted octanol–water partition coefficient (Wildman–Crippen LogP) is 2.15. The maximum absolute atomic E-state index is 12.1. The van der Waals surface area contributed by atoms with E-state index in [1.54, 1.807) is 0 Å². The van der Waals surface area contributed by atoms with E-state index in [1.807, 2.05) is 28.8 Å². The number of nitrogens with zero attached hydrogens (tertiary/aromatic N) is 3. The summed E-state index contributed by atoms with van der Waals surface area (Å²) in [6.45, 7) is 6.96. The third-order valence-corrected chi connectivity index (χ3v) is 5.04. The van der Waals surface area contributed by atoms with Gasteiger partial charge in [0.25, 0.3) is 0 Å². The fourth-order valence-corrected chi connectivity index (χ4v) is 3.58. The Balaban J connectivity index is 1.31. The zero-order valence-electron chi connectivity index (χ0n) is 14.4. The van der Waals surface area contributed by atoms with Crippen molar-refractivity contribution in [2.75, 3.05) is 32.7 Å². The average molecular weight is 336 g/mol. The molecule has 0 aliphatic carbocycles. The van der Waals surface area contributed by atoms with Crippen LogP contribution in [0.1, 0.15) is 5.56 Å². The van der Waals surface area contributed by atoms with Gasteiger partial charge in [0.2, 0.25) is 0 Å². The highest BCUT2D eigenvalue weighted by atomic mass is 16.1. The molecule has 5 heteroatoms. The van der Waals surface area contributed by atoms with Gasteiger partial charge in [-0.1, -0.05) is 42.5 Å². The van der Waals surface area contributed by atoms with Crippen LogP contribution in [0.25, 0.3) is 11.0 Å². The number of nitrogens with one attached hydrogen (secondary N) is 1. The van der Waals surface area contributed by atoms with Crippen molar-refractivity contribution >= 4 is 11.0 Å². The summed E-state index contributed by atoms with van der Waals surface area (Å²) in [7, 11) is 0. The van der Waals surface area contributed by atoms with Crippen molar-refractivity contribution in [3.8, 4) is 0 Å². The number of hydrogen-bond acceptors (Lipinski definition) is 3. The van der Waals surface area contributed by atoms with Crippen LogP contribution in [0, 0.1) is 0 Å². The minimum absolute atomic E-state index is 0.0103. The number of aromatic amines is 1. The monoisotopic (exact) mass is 336 g/mol. The third-order valence-electron chi connectivity index (χ3n) is 5.04. The minimum Gasteiger partial charge on any atom is -0.306 e. The number of piperazine rings is 1. The smallest absolute Gasteiger partial charge is 0.306 e. The van der Waals surface area contributed by atoms with Crippen LogP contribution in [0.15, 0.2) is 59.4 Å². The zero-order valence-corrected chi connectivity index (χ0v) is 14.4. The van der Waals surface area contributed by atoms with Crippen molar-refractivity contribution < 1.29 is 0 Å². The number of hydrogen-bond donors (Lipinski definition) is 1. The summed E-state index contributed by atoms with van der Waals surface area (Å²) in [5.74, 6) is 0. The van der Waals surface area contributed by atoms with Gasteiger partial charge in [-0.05, 0) is 17.7 Å². The molecular formula is C20H24N4O. The van der Waals surface area contributed by atoms with E-state index in [2.05, 4.69) is 45.1 Å². The quantitative estimate of drug-likeness (QED) is 0.776. The number of imidazole rings is 1. The molecule has 1 aromatic heterocycles. The maximum Gasteiger partial charge on any atom is 0.326 e. The number of rotatable bonds is 5. The normalized spacial score (nSPS) is 16.5. The predicted molar refractivity (Wildman–Crippen MR) is 101 cm³/mol. The molecule has 1 aliphatic heterocycles. The largest absolute Gasteiger partial charge is 0.326 e. The van der Waals surface area contributed by atoms with Crippen LogP contribution >= 0.6 is 0 Å². The molecule has 0 radical (unpaired) electrons. The molecule has 0 spiro atoms. The van der Waals surface area contributed by atoms with E-state index in [0.29, 0.717) is 0 Å². The highest BCUT2D eigenvalue weighted by Gasteiger charge is 2.17. The van der Waals surface area contributed by atoms with Crippen LogP contribution in [0.2, 0.25) is 0 Å². The zero-order chi connectivity index (χ0) is 17.1. The summed E-state index contributed by atoms with van der Waals surface area (Å²) in [6.07, 6.45) is 0. The molecule has 0 atom stereocenters. The molecule has 1 N–H and O–H groups in total. The van der Waals surface area contributed by atoms with Crippen molar-refractivity contribution in [2.24, 2.45) is 0 Å². The second-order valence-electron chi connectivity index (χ2n) is 6.70. The molecule has 0 bridgehead atoms. The first-order chi connectivity index (χ1) is 12.3. The summed E-state index contributed by atoms with van der Waals surface area (Å²) < 4.78 is 1.85. The van der Waals surface area contributed by atoms with Gasteiger partial charge in [0.1, 0.15) is 0 Å². The van der Waals surface area contributed by atoms with Crippen molar-refractivity contribution in [1.29, 1.82) is 0 Å². The van der Waals surface area contributed by atoms with E-state index in [0.717, 1.165) is 56.8 Å². The Morgan fingerprint density at radius 1 is 0.800 bits per heavy atom. The fourth-order valence-electron chi connectivity index (χ4n) is 3.58. The van der Waals surface area contributed by atoms with Crippen molar-refractivity contribution in [3.63, 3.8) is 0 Å². The van der Waals surface area contributed by atoms with Gasteiger partial charge in [-0.2, -0.15) is 0 Å².